The van der Waals surface area contributed by atoms with Crippen molar-refractivity contribution >= 4 is 12.1 Å². The van der Waals surface area contributed by atoms with Gasteiger partial charge in [0.25, 0.3) is 0 Å². The molecule has 1 amide bonds. The Kier molecular flexibility index (Phi) is 7.54. The number of hydrogen-bond acceptors (Lipinski definition) is 6. The van der Waals surface area contributed by atoms with E-state index in [4.69, 9.17) is 14.2 Å². The highest BCUT2D eigenvalue weighted by molar-refractivity contribution is 5.69. The first-order valence-electron chi connectivity index (χ1n) is 13.5. The average molecular weight is 507 g/mol. The van der Waals surface area contributed by atoms with Crippen LogP contribution in [0.1, 0.15) is 56.6 Å². The molecule has 2 saturated carbocycles. The van der Waals surface area contributed by atoms with Gasteiger partial charge in [-0.05, 0) is 74.2 Å². The summed E-state index contributed by atoms with van der Waals surface area (Å²) in [7, 11) is 1.83. The number of carbonyl (C=O) groups excluding carboxylic acids is 2. The van der Waals surface area contributed by atoms with Crippen molar-refractivity contribution in [3.05, 3.63) is 65.7 Å². The van der Waals surface area contributed by atoms with Crippen LogP contribution < -0.4 is 10.1 Å². The lowest BCUT2D eigenvalue weighted by Crippen LogP contribution is -2.68. The second-order valence-electron chi connectivity index (χ2n) is 11.0. The molecular formula is C30H38N2O5. The minimum absolute atomic E-state index is 0.0427. The van der Waals surface area contributed by atoms with E-state index >= 15 is 0 Å². The van der Waals surface area contributed by atoms with Gasteiger partial charge in [0.05, 0.1) is 5.60 Å². The highest BCUT2D eigenvalue weighted by atomic mass is 16.5. The quantitative estimate of drug-likeness (QED) is 0.408. The molecule has 3 fully saturated rings. The van der Waals surface area contributed by atoms with Crippen molar-refractivity contribution in [3.8, 4) is 5.75 Å². The predicted molar refractivity (Wildman–Crippen MR) is 140 cm³/mol. The van der Waals surface area contributed by atoms with Crippen LogP contribution in [0.3, 0.4) is 0 Å². The average Bonchev–Trinajstić information content (AvgIpc) is 3.72. The molecular weight excluding hydrogens is 468 g/mol. The number of ether oxygens (including phenoxy) is 3. The second-order valence-corrected chi connectivity index (χ2v) is 11.0. The monoisotopic (exact) mass is 506 g/mol. The summed E-state index contributed by atoms with van der Waals surface area (Å²) in [4.78, 5) is 27.0. The maximum Gasteiger partial charge on any atom is 0.407 e. The minimum Gasteiger partial charge on any atom is -0.445 e. The number of amides is 1. The summed E-state index contributed by atoms with van der Waals surface area (Å²) in [5.74, 6) is 1.02. The molecule has 198 valence electrons. The van der Waals surface area contributed by atoms with Gasteiger partial charge in [0.1, 0.15) is 12.4 Å². The molecule has 0 radical (unpaired) electrons. The first kappa shape index (κ1) is 25.7. The van der Waals surface area contributed by atoms with E-state index in [1.165, 1.54) is 19.8 Å². The van der Waals surface area contributed by atoms with Crippen molar-refractivity contribution in [2.45, 2.75) is 69.1 Å². The second kappa shape index (κ2) is 10.8. The van der Waals surface area contributed by atoms with Crippen LogP contribution in [0.25, 0.3) is 0 Å². The van der Waals surface area contributed by atoms with E-state index < -0.39 is 6.09 Å². The first-order valence-corrected chi connectivity index (χ1v) is 13.5. The largest absolute Gasteiger partial charge is 0.445 e. The van der Waals surface area contributed by atoms with Crippen molar-refractivity contribution in [2.24, 2.45) is 5.92 Å². The Balaban J connectivity index is 1.38. The number of methoxy groups -OCH3 is 1. The molecule has 1 aliphatic heterocycles. The van der Waals surface area contributed by atoms with Crippen LogP contribution in [0, 0.1) is 5.92 Å². The van der Waals surface area contributed by atoms with Crippen molar-refractivity contribution in [3.63, 3.8) is 0 Å². The summed E-state index contributed by atoms with van der Waals surface area (Å²) in [6, 6.07) is 17.5. The Bertz CT molecular complexity index is 1100. The van der Waals surface area contributed by atoms with Crippen LogP contribution in [0.4, 0.5) is 4.79 Å². The van der Waals surface area contributed by atoms with Gasteiger partial charge in [-0.15, -0.1) is 0 Å². The first-order chi connectivity index (χ1) is 17.9. The minimum atomic E-state index is -0.395. The number of piperidine rings is 1. The molecule has 37 heavy (non-hydrogen) atoms. The van der Waals surface area contributed by atoms with Crippen molar-refractivity contribution in [1.82, 2.24) is 10.2 Å². The van der Waals surface area contributed by atoms with Gasteiger partial charge in [-0.1, -0.05) is 42.5 Å². The Labute approximate surface area is 219 Å². The van der Waals surface area contributed by atoms with Gasteiger partial charge in [0.2, 0.25) is 0 Å². The van der Waals surface area contributed by atoms with E-state index in [2.05, 4.69) is 16.3 Å². The normalized spacial score (nSPS) is 27.7. The predicted octanol–water partition coefficient (Wildman–Crippen LogP) is 4.83. The van der Waals surface area contributed by atoms with E-state index in [1.807, 2.05) is 55.6 Å². The molecule has 2 aromatic rings. The van der Waals surface area contributed by atoms with Crippen molar-refractivity contribution < 1.29 is 23.8 Å². The number of hydrogen-bond donors (Lipinski definition) is 1. The molecule has 0 unspecified atom stereocenters. The summed E-state index contributed by atoms with van der Waals surface area (Å²) in [6.45, 7) is 4.63. The number of nitrogens with one attached hydrogen (secondary N) is 1. The molecule has 0 spiro atoms. The van der Waals surface area contributed by atoms with Crippen LogP contribution in [-0.2, 0) is 26.3 Å². The van der Waals surface area contributed by atoms with Crippen molar-refractivity contribution in [1.29, 1.82) is 0 Å². The molecule has 2 aromatic carbocycles. The summed E-state index contributed by atoms with van der Waals surface area (Å²) in [5, 5.41) is 3.14. The molecule has 1 N–H and O–H groups in total. The maximum absolute atomic E-state index is 12.8. The third kappa shape index (κ3) is 5.68. The van der Waals surface area contributed by atoms with Crippen molar-refractivity contribution in [2.75, 3.05) is 26.7 Å². The summed E-state index contributed by atoms with van der Waals surface area (Å²) < 4.78 is 17.5. The zero-order chi connectivity index (χ0) is 25.9. The lowest BCUT2D eigenvalue weighted by atomic mass is 9.55. The number of rotatable bonds is 8. The molecule has 1 heterocycles. The molecule has 3 atom stereocenters. The molecule has 0 bridgehead atoms. The Morgan fingerprint density at radius 1 is 1.05 bits per heavy atom. The van der Waals surface area contributed by atoms with E-state index in [9.17, 15) is 9.59 Å². The van der Waals surface area contributed by atoms with Crippen LogP contribution in [0.5, 0.6) is 5.75 Å². The van der Waals surface area contributed by atoms with E-state index in [-0.39, 0.29) is 29.6 Å². The van der Waals surface area contributed by atoms with Gasteiger partial charge < -0.3 is 24.4 Å². The maximum atomic E-state index is 12.8. The highest BCUT2D eigenvalue weighted by Gasteiger charge is 2.59. The Hall–Kier alpha value is -2.90. The molecule has 7 heteroatoms. The summed E-state index contributed by atoms with van der Waals surface area (Å²) in [5.41, 5.74) is 1.35. The fraction of sp³-hybridized carbons (Fsp3) is 0.533. The standard InChI is InChI=1S/C30H38N2O5/c1-22(33)37-27-10-6-9-25(17-27)29-15-16-32(19-23-11-12-23)21-30(29,35-2)14-13-26(18-29)31-28(34)36-20-24-7-4-3-5-8-24/h3-10,17,23,26H,11-16,18-21H2,1-2H3,(H,31,34)/t26-,29-,30-/m0/s1. The fourth-order valence-electron chi connectivity index (χ4n) is 6.49. The van der Waals surface area contributed by atoms with Gasteiger partial charge in [-0.3, -0.25) is 4.79 Å². The molecule has 7 nitrogen and oxygen atoms in total. The van der Waals surface area contributed by atoms with Crippen LogP contribution in [0.2, 0.25) is 0 Å². The van der Waals surface area contributed by atoms with E-state index in [0.717, 1.165) is 62.4 Å². The van der Waals surface area contributed by atoms with Gasteiger partial charge in [-0.25, -0.2) is 4.79 Å². The molecule has 2 aliphatic carbocycles. The number of fused-ring (bicyclic) bond motifs is 1. The number of benzene rings is 2. The van der Waals surface area contributed by atoms with Gasteiger partial charge in [-0.2, -0.15) is 0 Å². The zero-order valence-corrected chi connectivity index (χ0v) is 21.9. The lowest BCUT2D eigenvalue weighted by Gasteiger charge is -2.60. The van der Waals surface area contributed by atoms with Gasteiger partial charge in [0, 0.05) is 38.6 Å². The number of carbonyl (C=O) groups is 2. The van der Waals surface area contributed by atoms with Gasteiger partial charge >= 0.3 is 12.1 Å². The SMILES string of the molecule is CO[C@]12CC[C@H](NC(=O)OCc3ccccc3)C[C@]1(c1cccc(OC(C)=O)c1)CCN(CC1CC1)C2. The Morgan fingerprint density at radius 3 is 2.59 bits per heavy atom. The Morgan fingerprint density at radius 2 is 1.86 bits per heavy atom. The number of alkyl carbamates (subject to hydrolysis) is 1. The topological polar surface area (TPSA) is 77.1 Å². The number of likely N-dealkylation sites (tertiary alicyclic amines) is 1. The molecule has 1 saturated heterocycles. The zero-order valence-electron chi connectivity index (χ0n) is 21.9. The van der Waals surface area contributed by atoms with Crippen LogP contribution in [0.15, 0.2) is 54.6 Å². The number of esters is 1. The molecule has 5 rings (SSSR count). The molecule has 0 aromatic heterocycles. The smallest absolute Gasteiger partial charge is 0.407 e. The fourth-order valence-corrected chi connectivity index (χ4v) is 6.49. The third-order valence-electron chi connectivity index (χ3n) is 8.48. The molecule has 3 aliphatic rings. The van der Waals surface area contributed by atoms with E-state index in [1.54, 1.807) is 0 Å². The summed E-state index contributed by atoms with van der Waals surface area (Å²) >= 11 is 0. The van der Waals surface area contributed by atoms with Gasteiger partial charge in [0.15, 0.2) is 0 Å². The summed E-state index contributed by atoms with van der Waals surface area (Å²) in [6.07, 6.45) is 5.54. The lowest BCUT2D eigenvalue weighted by molar-refractivity contribution is -0.149. The van der Waals surface area contributed by atoms with Crippen LogP contribution >= 0.6 is 0 Å². The van der Waals surface area contributed by atoms with Crippen LogP contribution in [-0.4, -0.2) is 55.3 Å². The highest BCUT2D eigenvalue weighted by Crippen LogP contribution is 2.54. The van der Waals surface area contributed by atoms with E-state index in [0.29, 0.717) is 5.75 Å². The third-order valence-corrected chi connectivity index (χ3v) is 8.48. The number of nitrogens with zero attached hydrogens (tertiary/aromatic N) is 1.